The first-order chi connectivity index (χ1) is 7.52. The van der Waals surface area contributed by atoms with Crippen LogP contribution in [-0.4, -0.2) is 18.2 Å². The molecule has 1 aromatic rings. The first-order valence-corrected chi connectivity index (χ1v) is 5.39. The number of carbonyl (C=O) groups excluding carboxylic acids is 1. The SMILES string of the molecule is CCOc1ccc2c(c1)C(=O)NC(C)(C)N2. The van der Waals surface area contributed by atoms with Gasteiger partial charge in [-0.25, -0.2) is 0 Å². The molecule has 4 nitrogen and oxygen atoms in total. The first-order valence-electron chi connectivity index (χ1n) is 5.39. The number of ether oxygens (including phenoxy) is 1. The van der Waals surface area contributed by atoms with Crippen LogP contribution in [0.15, 0.2) is 18.2 Å². The number of rotatable bonds is 2. The molecule has 2 N–H and O–H groups in total. The molecule has 0 saturated heterocycles. The van der Waals surface area contributed by atoms with Crippen molar-refractivity contribution in [1.82, 2.24) is 5.32 Å². The molecular weight excluding hydrogens is 204 g/mol. The maximum atomic E-state index is 11.9. The second kappa shape index (κ2) is 3.70. The van der Waals surface area contributed by atoms with Gasteiger partial charge in [0.1, 0.15) is 11.4 Å². The van der Waals surface area contributed by atoms with E-state index in [1.54, 1.807) is 6.07 Å². The predicted molar refractivity (Wildman–Crippen MR) is 62.8 cm³/mol. The van der Waals surface area contributed by atoms with Crippen molar-refractivity contribution in [3.63, 3.8) is 0 Å². The van der Waals surface area contributed by atoms with Gasteiger partial charge in [-0.05, 0) is 39.0 Å². The van der Waals surface area contributed by atoms with Gasteiger partial charge < -0.3 is 15.4 Å². The molecule has 2 rings (SSSR count). The fourth-order valence-electron chi connectivity index (χ4n) is 1.80. The Balaban J connectivity index is 2.37. The Morgan fingerprint density at radius 3 is 2.75 bits per heavy atom. The van der Waals surface area contributed by atoms with E-state index in [1.807, 2.05) is 32.9 Å². The lowest BCUT2D eigenvalue weighted by Gasteiger charge is -2.34. The van der Waals surface area contributed by atoms with Crippen molar-refractivity contribution in [2.75, 3.05) is 11.9 Å². The molecule has 0 fully saturated rings. The van der Waals surface area contributed by atoms with Gasteiger partial charge in [0.05, 0.1) is 12.2 Å². The van der Waals surface area contributed by atoms with Crippen molar-refractivity contribution in [3.8, 4) is 5.75 Å². The Morgan fingerprint density at radius 1 is 1.31 bits per heavy atom. The summed E-state index contributed by atoms with van der Waals surface area (Å²) in [5, 5.41) is 6.12. The quantitative estimate of drug-likeness (QED) is 0.801. The standard InChI is InChI=1S/C12H16N2O2/c1-4-16-8-5-6-10-9(7-8)11(15)14-12(2,3)13-10/h5-7,13H,4H2,1-3H3,(H,14,15). The summed E-state index contributed by atoms with van der Waals surface area (Å²) < 4.78 is 5.36. The zero-order valence-electron chi connectivity index (χ0n) is 9.76. The molecule has 0 atom stereocenters. The van der Waals surface area contributed by atoms with Crippen LogP contribution in [0.5, 0.6) is 5.75 Å². The zero-order chi connectivity index (χ0) is 11.8. The highest BCUT2D eigenvalue weighted by Crippen LogP contribution is 2.27. The Kier molecular flexibility index (Phi) is 2.50. The van der Waals surface area contributed by atoms with E-state index in [-0.39, 0.29) is 5.91 Å². The van der Waals surface area contributed by atoms with Crippen LogP contribution in [0.2, 0.25) is 0 Å². The average molecular weight is 220 g/mol. The average Bonchev–Trinajstić information content (AvgIpc) is 2.18. The Labute approximate surface area is 95.0 Å². The molecule has 0 unspecified atom stereocenters. The molecule has 0 aromatic heterocycles. The normalized spacial score (nSPS) is 17.1. The zero-order valence-corrected chi connectivity index (χ0v) is 9.76. The van der Waals surface area contributed by atoms with Gasteiger partial charge in [0.15, 0.2) is 0 Å². The highest BCUT2D eigenvalue weighted by molar-refractivity contribution is 6.02. The van der Waals surface area contributed by atoms with Crippen molar-refractivity contribution < 1.29 is 9.53 Å². The van der Waals surface area contributed by atoms with E-state index in [2.05, 4.69) is 10.6 Å². The summed E-state index contributed by atoms with van der Waals surface area (Å²) in [6.45, 7) is 6.36. The van der Waals surface area contributed by atoms with Crippen molar-refractivity contribution in [2.24, 2.45) is 0 Å². The van der Waals surface area contributed by atoms with Crippen LogP contribution in [0.3, 0.4) is 0 Å². The number of carbonyl (C=O) groups is 1. The summed E-state index contributed by atoms with van der Waals surface area (Å²) in [5.74, 6) is 0.651. The van der Waals surface area contributed by atoms with Crippen molar-refractivity contribution >= 4 is 11.6 Å². The largest absolute Gasteiger partial charge is 0.494 e. The molecule has 1 aliphatic rings. The summed E-state index contributed by atoms with van der Waals surface area (Å²) >= 11 is 0. The summed E-state index contributed by atoms with van der Waals surface area (Å²) in [6, 6.07) is 5.50. The fourth-order valence-corrected chi connectivity index (χ4v) is 1.80. The minimum absolute atomic E-state index is 0.0692. The molecule has 16 heavy (non-hydrogen) atoms. The number of fused-ring (bicyclic) bond motifs is 1. The molecule has 0 radical (unpaired) electrons. The summed E-state index contributed by atoms with van der Waals surface area (Å²) in [7, 11) is 0. The third-order valence-corrected chi connectivity index (χ3v) is 2.42. The molecule has 1 heterocycles. The van der Waals surface area contributed by atoms with Crippen LogP contribution < -0.4 is 15.4 Å². The minimum atomic E-state index is -0.406. The van der Waals surface area contributed by atoms with E-state index in [0.717, 1.165) is 11.4 Å². The second-order valence-corrected chi connectivity index (χ2v) is 4.34. The number of benzene rings is 1. The van der Waals surface area contributed by atoms with Gasteiger partial charge in [0.2, 0.25) is 0 Å². The topological polar surface area (TPSA) is 50.4 Å². The predicted octanol–water partition coefficient (Wildman–Crippen LogP) is 1.98. The van der Waals surface area contributed by atoms with Crippen LogP contribution in [-0.2, 0) is 0 Å². The number of amides is 1. The fraction of sp³-hybridized carbons (Fsp3) is 0.417. The monoisotopic (exact) mass is 220 g/mol. The molecular formula is C12H16N2O2. The van der Waals surface area contributed by atoms with Gasteiger partial charge >= 0.3 is 0 Å². The second-order valence-electron chi connectivity index (χ2n) is 4.34. The van der Waals surface area contributed by atoms with Crippen LogP contribution in [0.1, 0.15) is 31.1 Å². The molecule has 1 amide bonds. The molecule has 0 aliphatic carbocycles. The molecule has 86 valence electrons. The number of hydrogen-bond acceptors (Lipinski definition) is 3. The maximum absolute atomic E-state index is 11.9. The van der Waals surface area contributed by atoms with E-state index in [0.29, 0.717) is 12.2 Å². The third-order valence-electron chi connectivity index (χ3n) is 2.42. The molecule has 0 bridgehead atoms. The number of anilines is 1. The van der Waals surface area contributed by atoms with Gasteiger partial charge in [0.25, 0.3) is 5.91 Å². The lowest BCUT2D eigenvalue weighted by Crippen LogP contribution is -2.53. The van der Waals surface area contributed by atoms with Crippen LogP contribution >= 0.6 is 0 Å². The highest BCUT2D eigenvalue weighted by atomic mass is 16.5. The lowest BCUT2D eigenvalue weighted by atomic mass is 10.0. The van der Waals surface area contributed by atoms with E-state index in [1.165, 1.54) is 0 Å². The van der Waals surface area contributed by atoms with E-state index in [9.17, 15) is 4.79 Å². The molecule has 1 aliphatic heterocycles. The maximum Gasteiger partial charge on any atom is 0.255 e. The van der Waals surface area contributed by atoms with Gasteiger partial charge in [-0.2, -0.15) is 0 Å². The van der Waals surface area contributed by atoms with E-state index >= 15 is 0 Å². The molecule has 0 saturated carbocycles. The first kappa shape index (κ1) is 10.8. The van der Waals surface area contributed by atoms with Crippen molar-refractivity contribution in [2.45, 2.75) is 26.4 Å². The minimum Gasteiger partial charge on any atom is -0.494 e. The highest BCUT2D eigenvalue weighted by Gasteiger charge is 2.29. The smallest absolute Gasteiger partial charge is 0.255 e. The van der Waals surface area contributed by atoms with Crippen LogP contribution in [0, 0.1) is 0 Å². The van der Waals surface area contributed by atoms with Crippen LogP contribution in [0.4, 0.5) is 5.69 Å². The summed E-state index contributed by atoms with van der Waals surface area (Å²) in [4.78, 5) is 11.9. The lowest BCUT2D eigenvalue weighted by molar-refractivity contribution is 0.0913. The Morgan fingerprint density at radius 2 is 2.06 bits per heavy atom. The van der Waals surface area contributed by atoms with Crippen molar-refractivity contribution in [3.05, 3.63) is 23.8 Å². The van der Waals surface area contributed by atoms with Gasteiger partial charge in [-0.1, -0.05) is 0 Å². The van der Waals surface area contributed by atoms with Gasteiger partial charge in [-0.15, -0.1) is 0 Å². The number of nitrogens with one attached hydrogen (secondary N) is 2. The van der Waals surface area contributed by atoms with E-state index in [4.69, 9.17) is 4.74 Å². The Bertz CT molecular complexity index is 427. The van der Waals surface area contributed by atoms with Crippen LogP contribution in [0.25, 0.3) is 0 Å². The summed E-state index contributed by atoms with van der Waals surface area (Å²) in [6.07, 6.45) is 0. The van der Waals surface area contributed by atoms with Crippen molar-refractivity contribution in [1.29, 1.82) is 0 Å². The van der Waals surface area contributed by atoms with Gasteiger partial charge in [0, 0.05) is 5.69 Å². The van der Waals surface area contributed by atoms with E-state index < -0.39 is 5.66 Å². The third kappa shape index (κ3) is 1.96. The number of hydrogen-bond donors (Lipinski definition) is 2. The Hall–Kier alpha value is -1.71. The summed E-state index contributed by atoms with van der Waals surface area (Å²) in [5.41, 5.74) is 1.07. The van der Waals surface area contributed by atoms with Gasteiger partial charge in [-0.3, -0.25) is 4.79 Å². The molecule has 4 heteroatoms. The molecule has 1 aromatic carbocycles. The molecule has 0 spiro atoms.